The van der Waals surface area contributed by atoms with Gasteiger partial charge in [-0.05, 0) is 79.1 Å². The van der Waals surface area contributed by atoms with Gasteiger partial charge in [-0.1, -0.05) is 54.6 Å². The first-order valence-electron chi connectivity index (χ1n) is 16.1. The SMILES string of the molecule is NCCCC[C@@H]1C(=O)N[C@@H](Cc2ccc3ccccc3c2)C(=O)N2CCC[C@@H]2C(=O)NCC(=O)N1C(=O)[C@@H](N)Cc1ccc(O)cc1. The number of phenolic OH excluding ortho intramolecular Hbond substituents is 1. The van der Waals surface area contributed by atoms with Crippen molar-refractivity contribution >= 4 is 40.3 Å². The van der Waals surface area contributed by atoms with Gasteiger partial charge in [-0.25, -0.2) is 0 Å². The van der Waals surface area contributed by atoms with E-state index in [1.165, 1.54) is 17.0 Å². The van der Waals surface area contributed by atoms with E-state index in [-0.39, 0.29) is 25.0 Å². The highest BCUT2D eigenvalue weighted by molar-refractivity contribution is 6.05. The molecule has 0 spiro atoms. The molecule has 2 saturated heterocycles. The molecule has 12 nitrogen and oxygen atoms in total. The van der Waals surface area contributed by atoms with Crippen molar-refractivity contribution in [2.24, 2.45) is 11.5 Å². The van der Waals surface area contributed by atoms with Gasteiger partial charge in [0.25, 0.3) is 0 Å². The van der Waals surface area contributed by atoms with Gasteiger partial charge in [-0.15, -0.1) is 0 Å². The number of fused-ring (bicyclic) bond motifs is 2. The Bertz CT molecular complexity index is 1630. The van der Waals surface area contributed by atoms with Crippen LogP contribution in [0.3, 0.4) is 0 Å². The number of phenols is 1. The van der Waals surface area contributed by atoms with Gasteiger partial charge in [0.05, 0.1) is 12.6 Å². The fourth-order valence-corrected chi connectivity index (χ4v) is 6.40. The highest BCUT2D eigenvalue weighted by Crippen LogP contribution is 2.23. The zero-order valence-electron chi connectivity index (χ0n) is 26.3. The van der Waals surface area contributed by atoms with E-state index < -0.39 is 60.2 Å². The first kappa shape index (κ1) is 33.6. The summed E-state index contributed by atoms with van der Waals surface area (Å²) in [4.78, 5) is 71.7. The quantitative estimate of drug-likeness (QED) is 0.215. The summed E-state index contributed by atoms with van der Waals surface area (Å²) in [7, 11) is 0. The van der Waals surface area contributed by atoms with Crippen LogP contribution in [0, 0.1) is 0 Å². The molecule has 2 fully saturated rings. The van der Waals surface area contributed by atoms with Crippen LogP contribution in [0.4, 0.5) is 0 Å². The van der Waals surface area contributed by atoms with Crippen molar-refractivity contribution in [3.8, 4) is 5.75 Å². The van der Waals surface area contributed by atoms with Crippen molar-refractivity contribution in [1.82, 2.24) is 20.4 Å². The van der Waals surface area contributed by atoms with Crippen LogP contribution in [-0.4, -0.2) is 88.2 Å². The highest BCUT2D eigenvalue weighted by atomic mass is 16.3. The summed E-state index contributed by atoms with van der Waals surface area (Å²) >= 11 is 0. The van der Waals surface area contributed by atoms with Gasteiger partial charge in [-0.2, -0.15) is 0 Å². The Balaban J connectivity index is 1.50. The smallest absolute Gasteiger partial charge is 0.249 e. The van der Waals surface area contributed by atoms with Crippen molar-refractivity contribution in [3.63, 3.8) is 0 Å². The second-order valence-corrected chi connectivity index (χ2v) is 12.2. The first-order chi connectivity index (χ1) is 22.7. The van der Waals surface area contributed by atoms with Crippen LogP contribution in [-0.2, 0) is 36.8 Å². The molecular formula is C35H42N6O6. The third kappa shape index (κ3) is 7.95. The van der Waals surface area contributed by atoms with Crippen LogP contribution in [0.15, 0.2) is 66.7 Å². The molecule has 3 aromatic rings. The Morgan fingerprint density at radius 1 is 0.936 bits per heavy atom. The lowest BCUT2D eigenvalue weighted by atomic mass is 9.98. The van der Waals surface area contributed by atoms with Gasteiger partial charge in [0.1, 0.15) is 23.9 Å². The minimum absolute atomic E-state index is 0.0342. The summed E-state index contributed by atoms with van der Waals surface area (Å²) in [6.45, 7) is 0.133. The average Bonchev–Trinajstić information content (AvgIpc) is 3.57. The molecule has 4 atom stereocenters. The fourth-order valence-electron chi connectivity index (χ4n) is 6.40. The summed E-state index contributed by atoms with van der Waals surface area (Å²) in [6.07, 6.45) is 2.21. The van der Waals surface area contributed by atoms with Crippen molar-refractivity contribution in [3.05, 3.63) is 77.9 Å². The average molecular weight is 643 g/mol. The third-order valence-corrected chi connectivity index (χ3v) is 8.88. The van der Waals surface area contributed by atoms with E-state index in [0.29, 0.717) is 44.3 Å². The lowest BCUT2D eigenvalue weighted by Gasteiger charge is -2.35. The number of hydrogen-bond donors (Lipinski definition) is 5. The molecule has 2 heterocycles. The molecule has 5 amide bonds. The molecule has 0 bridgehead atoms. The Labute approximate surface area is 273 Å². The molecule has 7 N–H and O–H groups in total. The van der Waals surface area contributed by atoms with E-state index in [4.69, 9.17) is 11.5 Å². The molecule has 0 unspecified atom stereocenters. The maximum absolute atomic E-state index is 14.2. The van der Waals surface area contributed by atoms with Crippen molar-refractivity contribution in [2.45, 2.75) is 69.1 Å². The lowest BCUT2D eigenvalue weighted by Crippen LogP contribution is -2.63. The van der Waals surface area contributed by atoms with Crippen LogP contribution in [0.1, 0.15) is 43.2 Å². The van der Waals surface area contributed by atoms with Crippen molar-refractivity contribution < 1.29 is 29.1 Å². The van der Waals surface area contributed by atoms with Crippen LogP contribution in [0.25, 0.3) is 10.8 Å². The molecule has 0 radical (unpaired) electrons. The molecule has 2 aliphatic rings. The number of benzene rings is 3. The largest absolute Gasteiger partial charge is 0.508 e. The third-order valence-electron chi connectivity index (χ3n) is 8.88. The summed E-state index contributed by atoms with van der Waals surface area (Å²) in [6, 6.07) is 15.4. The molecule has 0 aliphatic carbocycles. The number of hydrogen-bond acceptors (Lipinski definition) is 8. The number of nitrogens with two attached hydrogens (primary N) is 2. The van der Waals surface area contributed by atoms with E-state index >= 15 is 0 Å². The van der Waals surface area contributed by atoms with Crippen LogP contribution >= 0.6 is 0 Å². The number of carbonyl (C=O) groups is 5. The first-order valence-corrected chi connectivity index (χ1v) is 16.1. The Morgan fingerprint density at radius 2 is 1.66 bits per heavy atom. The molecule has 2 aliphatic heterocycles. The Morgan fingerprint density at radius 3 is 2.40 bits per heavy atom. The number of aromatic hydroxyl groups is 1. The predicted molar refractivity (Wildman–Crippen MR) is 176 cm³/mol. The highest BCUT2D eigenvalue weighted by Gasteiger charge is 2.42. The van der Waals surface area contributed by atoms with Gasteiger partial charge < -0.3 is 32.1 Å². The monoisotopic (exact) mass is 642 g/mol. The van der Waals surface area contributed by atoms with Crippen LogP contribution in [0.2, 0.25) is 0 Å². The standard InChI is InChI=1S/C35H42N6O6/c36-16-4-3-8-30-33(45)39-28(20-23-10-13-24-6-1-2-7-25(24)18-23)35(47)40-17-5-9-29(40)32(44)38-21-31(43)41(30)34(46)27(37)19-22-11-14-26(42)15-12-22/h1-2,6-7,10-15,18,27-30,42H,3-5,8-9,16-17,19-21,36-37H2,(H,38,44)(H,39,45)/t27-,28-,29+,30+/m0/s1. The number of imide groups is 1. The van der Waals surface area contributed by atoms with E-state index in [1.54, 1.807) is 12.1 Å². The maximum Gasteiger partial charge on any atom is 0.249 e. The summed E-state index contributed by atoms with van der Waals surface area (Å²) in [5.74, 6) is -3.09. The normalized spacial score (nSPS) is 21.4. The fraction of sp³-hybridized carbons (Fsp3) is 0.400. The molecule has 0 aromatic heterocycles. The van der Waals surface area contributed by atoms with Crippen molar-refractivity contribution in [1.29, 1.82) is 0 Å². The topological polar surface area (TPSA) is 188 Å². The summed E-state index contributed by atoms with van der Waals surface area (Å²) in [5.41, 5.74) is 13.5. The Hall–Kier alpha value is -4.81. The molecular weight excluding hydrogens is 600 g/mol. The zero-order chi connectivity index (χ0) is 33.5. The molecule has 248 valence electrons. The number of nitrogens with zero attached hydrogens (tertiary/aromatic N) is 2. The number of carbonyl (C=O) groups excluding carboxylic acids is 5. The van der Waals surface area contributed by atoms with E-state index in [1.807, 2.05) is 42.5 Å². The van der Waals surface area contributed by atoms with Crippen molar-refractivity contribution in [2.75, 3.05) is 19.6 Å². The lowest BCUT2D eigenvalue weighted by molar-refractivity contribution is -0.154. The molecule has 12 heteroatoms. The van der Waals surface area contributed by atoms with E-state index in [2.05, 4.69) is 10.6 Å². The van der Waals surface area contributed by atoms with Crippen LogP contribution < -0.4 is 22.1 Å². The molecule has 0 saturated carbocycles. The Kier molecular flexibility index (Phi) is 10.8. The second kappa shape index (κ2) is 15.2. The van der Waals surface area contributed by atoms with Gasteiger partial charge in [-0.3, -0.25) is 28.9 Å². The van der Waals surface area contributed by atoms with Gasteiger partial charge in [0, 0.05) is 13.0 Å². The van der Waals surface area contributed by atoms with Gasteiger partial charge in [0.15, 0.2) is 0 Å². The molecule has 5 rings (SSSR count). The van der Waals surface area contributed by atoms with Gasteiger partial charge in [0.2, 0.25) is 29.5 Å². The number of unbranched alkanes of at least 4 members (excludes halogenated alkanes) is 1. The van der Waals surface area contributed by atoms with Crippen LogP contribution in [0.5, 0.6) is 5.75 Å². The molecule has 47 heavy (non-hydrogen) atoms. The van der Waals surface area contributed by atoms with Gasteiger partial charge >= 0.3 is 0 Å². The maximum atomic E-state index is 14.2. The predicted octanol–water partition coefficient (Wildman–Crippen LogP) is 1.12. The number of rotatable bonds is 9. The summed E-state index contributed by atoms with van der Waals surface area (Å²) in [5, 5.41) is 17.1. The minimum atomic E-state index is -1.30. The second-order valence-electron chi connectivity index (χ2n) is 12.2. The van der Waals surface area contributed by atoms with E-state index in [0.717, 1.165) is 21.2 Å². The summed E-state index contributed by atoms with van der Waals surface area (Å²) < 4.78 is 0. The minimum Gasteiger partial charge on any atom is -0.508 e. The number of nitrogens with one attached hydrogen (secondary N) is 2. The zero-order valence-corrected chi connectivity index (χ0v) is 26.3. The number of amides is 5. The molecule has 3 aromatic carbocycles. The van der Waals surface area contributed by atoms with E-state index in [9.17, 15) is 29.1 Å².